The Kier molecular flexibility index (Phi) is 11.0. The fourth-order valence-electron chi connectivity index (χ4n) is 3.86. The van der Waals surface area contributed by atoms with Crippen LogP contribution in [0.2, 0.25) is 5.02 Å². The normalized spacial score (nSPS) is 10.9. The van der Waals surface area contributed by atoms with Gasteiger partial charge in [0.2, 0.25) is 5.43 Å². The Morgan fingerprint density at radius 1 is 1.03 bits per heavy atom. The van der Waals surface area contributed by atoms with Crippen LogP contribution in [0.25, 0.3) is 10.9 Å². The van der Waals surface area contributed by atoms with E-state index < -0.39 is 0 Å². The first-order valence-electron chi connectivity index (χ1n) is 11.3. The predicted molar refractivity (Wildman–Crippen MR) is 140 cm³/mol. The van der Waals surface area contributed by atoms with Gasteiger partial charge in [-0.05, 0) is 50.6 Å². The molecule has 2 heterocycles. The van der Waals surface area contributed by atoms with Gasteiger partial charge in [-0.2, -0.15) is 0 Å². The number of fused-ring (bicyclic) bond motifs is 1. The molecule has 180 valence electrons. The van der Waals surface area contributed by atoms with Gasteiger partial charge in [0.25, 0.3) is 0 Å². The quantitative estimate of drug-likeness (QED) is 0.288. The second-order valence-electron chi connectivity index (χ2n) is 8.25. The van der Waals surface area contributed by atoms with Crippen molar-refractivity contribution in [2.75, 3.05) is 18.4 Å². The zero-order valence-corrected chi connectivity index (χ0v) is 20.9. The molecule has 1 aromatic carbocycles. The van der Waals surface area contributed by atoms with Crippen molar-refractivity contribution < 1.29 is 5.11 Å². The van der Waals surface area contributed by atoms with Gasteiger partial charge in [-0.25, -0.2) is 0 Å². The summed E-state index contributed by atoms with van der Waals surface area (Å²) in [4.78, 5) is 16.1. The monoisotopic (exact) mass is 492 g/mol. The van der Waals surface area contributed by atoms with E-state index in [0.29, 0.717) is 12.2 Å². The summed E-state index contributed by atoms with van der Waals surface area (Å²) >= 11 is 6.13. The molecule has 6 nitrogen and oxygen atoms in total. The van der Waals surface area contributed by atoms with Gasteiger partial charge in [-0.1, -0.05) is 37.3 Å². The lowest BCUT2D eigenvalue weighted by atomic mass is 10.1. The molecule has 8 heteroatoms. The Morgan fingerprint density at radius 2 is 1.73 bits per heavy atom. The minimum absolute atomic E-state index is 0. The van der Waals surface area contributed by atoms with Crippen LogP contribution < -0.4 is 16.1 Å². The van der Waals surface area contributed by atoms with Crippen LogP contribution in [0.1, 0.15) is 49.9 Å². The van der Waals surface area contributed by atoms with Gasteiger partial charge < -0.3 is 20.3 Å². The highest BCUT2D eigenvalue weighted by Crippen LogP contribution is 2.24. The second kappa shape index (κ2) is 13.4. The van der Waals surface area contributed by atoms with Crippen LogP contribution in [0.4, 0.5) is 5.69 Å². The minimum Gasteiger partial charge on any atom is -0.503 e. The van der Waals surface area contributed by atoms with Crippen LogP contribution in [0.5, 0.6) is 5.75 Å². The maximum atomic E-state index is 11.7. The molecule has 0 radical (unpaired) electrons. The Bertz CT molecular complexity index is 1100. The third-order valence-corrected chi connectivity index (χ3v) is 6.11. The topological polar surface area (TPSA) is 79.2 Å². The van der Waals surface area contributed by atoms with Crippen LogP contribution in [0.15, 0.2) is 41.3 Å². The minimum atomic E-state index is -0.312. The number of aromatic hydroxyl groups is 1. The van der Waals surface area contributed by atoms with Gasteiger partial charge >= 0.3 is 0 Å². The van der Waals surface area contributed by atoms with Crippen molar-refractivity contribution in [3.8, 4) is 5.75 Å². The Morgan fingerprint density at radius 3 is 2.48 bits per heavy atom. The number of benzene rings is 1. The molecule has 0 unspecified atom stereocenters. The number of hydrogen-bond acceptors (Lipinski definition) is 5. The van der Waals surface area contributed by atoms with E-state index in [4.69, 9.17) is 11.6 Å². The number of nitrogens with zero attached hydrogens (tertiary/aromatic N) is 2. The van der Waals surface area contributed by atoms with Crippen molar-refractivity contribution in [3.63, 3.8) is 0 Å². The van der Waals surface area contributed by atoms with E-state index in [9.17, 15) is 9.90 Å². The van der Waals surface area contributed by atoms with Crippen LogP contribution in [-0.4, -0.2) is 27.7 Å². The molecule has 0 spiro atoms. The van der Waals surface area contributed by atoms with E-state index >= 15 is 0 Å². The molecule has 0 aliphatic rings. The molecular formula is C25H34Cl2N4O2. The SMILES string of the molecule is Cc1cc(=O)c(O)c(CNCCCCCCCCNc2ccnc3ccc(Cl)cc23)n1C.Cl. The maximum absolute atomic E-state index is 11.7. The Hall–Kier alpha value is -2.28. The van der Waals surface area contributed by atoms with E-state index in [-0.39, 0.29) is 23.6 Å². The van der Waals surface area contributed by atoms with Gasteiger partial charge in [-0.3, -0.25) is 9.78 Å². The van der Waals surface area contributed by atoms with Crippen molar-refractivity contribution in [1.82, 2.24) is 14.9 Å². The lowest BCUT2D eigenvalue weighted by Gasteiger charge is -2.14. The average Bonchev–Trinajstić information content (AvgIpc) is 2.78. The van der Waals surface area contributed by atoms with Gasteiger partial charge in [0.15, 0.2) is 5.75 Å². The van der Waals surface area contributed by atoms with Crippen LogP contribution in [0.3, 0.4) is 0 Å². The molecule has 3 rings (SSSR count). The molecule has 0 bridgehead atoms. The number of aromatic nitrogens is 2. The molecule has 0 fully saturated rings. The first kappa shape index (κ1) is 27.0. The van der Waals surface area contributed by atoms with Crippen molar-refractivity contribution in [2.45, 2.75) is 52.0 Å². The summed E-state index contributed by atoms with van der Waals surface area (Å²) in [5, 5.41) is 18.6. The number of unbranched alkanes of at least 4 members (excludes halogenated alkanes) is 5. The highest BCUT2D eigenvalue weighted by Gasteiger charge is 2.10. The summed E-state index contributed by atoms with van der Waals surface area (Å²) < 4.78 is 1.86. The number of halogens is 2. The van der Waals surface area contributed by atoms with Gasteiger partial charge in [0, 0.05) is 54.2 Å². The number of rotatable bonds is 12. The second-order valence-corrected chi connectivity index (χ2v) is 8.69. The van der Waals surface area contributed by atoms with E-state index in [2.05, 4.69) is 15.6 Å². The first-order valence-corrected chi connectivity index (χ1v) is 11.7. The van der Waals surface area contributed by atoms with E-state index in [1.165, 1.54) is 31.7 Å². The highest BCUT2D eigenvalue weighted by atomic mass is 35.5. The molecule has 2 aromatic heterocycles. The van der Waals surface area contributed by atoms with E-state index in [0.717, 1.165) is 53.2 Å². The van der Waals surface area contributed by atoms with Crippen LogP contribution >= 0.6 is 24.0 Å². The summed E-state index contributed by atoms with van der Waals surface area (Å²) in [6.45, 7) is 4.18. The van der Waals surface area contributed by atoms with E-state index in [1.54, 1.807) is 0 Å². The lowest BCUT2D eigenvalue weighted by Crippen LogP contribution is -2.21. The highest BCUT2D eigenvalue weighted by molar-refractivity contribution is 6.31. The smallest absolute Gasteiger partial charge is 0.223 e. The van der Waals surface area contributed by atoms with Gasteiger partial charge in [0.05, 0.1) is 11.2 Å². The summed E-state index contributed by atoms with van der Waals surface area (Å²) in [5.41, 5.74) is 3.22. The maximum Gasteiger partial charge on any atom is 0.223 e. The third kappa shape index (κ3) is 7.63. The van der Waals surface area contributed by atoms with Crippen molar-refractivity contribution in [2.24, 2.45) is 7.05 Å². The molecule has 0 saturated heterocycles. The number of aryl methyl sites for hydroxylation is 1. The fraction of sp³-hybridized carbons (Fsp3) is 0.440. The number of anilines is 1. The number of hydrogen-bond donors (Lipinski definition) is 3. The Labute approximate surface area is 206 Å². The van der Waals surface area contributed by atoms with Gasteiger partial charge in [-0.15, -0.1) is 12.4 Å². The van der Waals surface area contributed by atoms with E-state index in [1.807, 2.05) is 49.0 Å². The first-order chi connectivity index (χ1) is 15.5. The molecule has 0 aliphatic carbocycles. The molecule has 0 amide bonds. The Balaban J connectivity index is 0.00000385. The molecule has 3 N–H and O–H groups in total. The number of pyridine rings is 2. The molecule has 0 aliphatic heterocycles. The molecular weight excluding hydrogens is 459 g/mol. The van der Waals surface area contributed by atoms with Crippen molar-refractivity contribution in [1.29, 1.82) is 0 Å². The van der Waals surface area contributed by atoms with Crippen LogP contribution in [0, 0.1) is 6.92 Å². The standard InChI is InChI=1S/C25H33ClN4O2.ClH/c1-18-15-24(31)25(32)23(30(18)2)17-27-12-7-5-3-4-6-8-13-28-22-11-14-29-21-10-9-19(26)16-20(21)22;/h9-11,14-16,27,32H,3-8,12-13,17H2,1-2H3,(H,28,29);1H. The zero-order valence-electron chi connectivity index (χ0n) is 19.4. The van der Waals surface area contributed by atoms with Crippen LogP contribution in [-0.2, 0) is 13.6 Å². The molecule has 0 saturated carbocycles. The summed E-state index contributed by atoms with van der Waals surface area (Å²) in [7, 11) is 1.87. The van der Waals surface area contributed by atoms with Crippen molar-refractivity contribution >= 4 is 40.6 Å². The largest absolute Gasteiger partial charge is 0.503 e. The molecule has 0 atom stereocenters. The summed E-state index contributed by atoms with van der Waals surface area (Å²) in [6.07, 6.45) is 8.84. The average molecular weight is 493 g/mol. The molecule has 3 aromatic rings. The molecule has 33 heavy (non-hydrogen) atoms. The van der Waals surface area contributed by atoms with Gasteiger partial charge in [0.1, 0.15) is 0 Å². The third-order valence-electron chi connectivity index (χ3n) is 5.87. The lowest BCUT2D eigenvalue weighted by molar-refractivity contribution is 0.444. The fourth-order valence-corrected chi connectivity index (χ4v) is 4.03. The zero-order chi connectivity index (χ0) is 22.9. The summed E-state index contributed by atoms with van der Waals surface area (Å²) in [5.74, 6) is -0.151. The van der Waals surface area contributed by atoms with Crippen molar-refractivity contribution in [3.05, 3.63) is 63.2 Å². The number of nitrogens with one attached hydrogen (secondary N) is 2. The summed E-state index contributed by atoms with van der Waals surface area (Å²) in [6, 6.07) is 9.23. The predicted octanol–water partition coefficient (Wildman–Crippen LogP) is 5.57.